The van der Waals surface area contributed by atoms with E-state index in [9.17, 15) is 9.59 Å². The molecule has 5 nitrogen and oxygen atoms in total. The molecule has 1 unspecified atom stereocenters. The molecule has 168 valence electrons. The van der Waals surface area contributed by atoms with E-state index in [0.717, 1.165) is 5.56 Å². The molecule has 0 aromatic heterocycles. The van der Waals surface area contributed by atoms with Gasteiger partial charge >= 0.3 is 11.9 Å². The quantitative estimate of drug-likeness (QED) is 0.282. The van der Waals surface area contributed by atoms with Crippen molar-refractivity contribution in [2.24, 2.45) is 0 Å². The van der Waals surface area contributed by atoms with Crippen molar-refractivity contribution in [2.45, 2.75) is 38.7 Å². The zero-order valence-corrected chi connectivity index (χ0v) is 19.9. The summed E-state index contributed by atoms with van der Waals surface area (Å²) in [5, 5.41) is 0.726. The summed E-state index contributed by atoms with van der Waals surface area (Å²) in [7, 11) is 0. The number of rotatable bonds is 1. The van der Waals surface area contributed by atoms with Crippen LogP contribution in [0, 0.1) is 0 Å². The lowest BCUT2D eigenvalue weighted by molar-refractivity contribution is -0.131. The molecule has 0 N–H and O–H groups in total. The molecule has 0 radical (unpaired) electrons. The van der Waals surface area contributed by atoms with Crippen LogP contribution in [0.3, 0.4) is 0 Å². The van der Waals surface area contributed by atoms with Gasteiger partial charge in [0.25, 0.3) is 0 Å². The number of fused-ring (bicyclic) bond motifs is 6. The third-order valence-corrected chi connectivity index (χ3v) is 6.52. The van der Waals surface area contributed by atoms with Gasteiger partial charge in [0.05, 0.1) is 10.6 Å². The molecule has 7 heteroatoms. The highest BCUT2D eigenvalue weighted by molar-refractivity contribution is 6.32. The molecule has 0 fully saturated rings. The van der Waals surface area contributed by atoms with Gasteiger partial charge in [0.2, 0.25) is 0 Å². The molecule has 5 rings (SSSR count). The van der Waals surface area contributed by atoms with E-state index in [1.807, 2.05) is 18.2 Å². The van der Waals surface area contributed by atoms with E-state index in [4.69, 9.17) is 37.4 Å². The van der Waals surface area contributed by atoms with Crippen LogP contribution in [0.25, 0.3) is 0 Å². The standard InChI is InChI=1S/C26H20Cl2O5/c1-13(29)31-23-12-22-18(10-20(23)28)26(15-8-6-5-7-14(15)24(30)33-26)17-9-19(27)16(25(2,3)4)11-21(17)32-22/h5-12H,1-4H3. The number of carbonyl (C=O) groups is 2. The Morgan fingerprint density at radius 2 is 1.58 bits per heavy atom. The van der Waals surface area contributed by atoms with Gasteiger partial charge in [-0.15, -0.1) is 0 Å². The summed E-state index contributed by atoms with van der Waals surface area (Å²) in [6.45, 7) is 7.45. The molecular weight excluding hydrogens is 463 g/mol. The van der Waals surface area contributed by atoms with Crippen LogP contribution in [0.4, 0.5) is 0 Å². The zero-order valence-electron chi connectivity index (χ0n) is 18.4. The fourth-order valence-corrected chi connectivity index (χ4v) is 5.15. The maximum Gasteiger partial charge on any atom is 0.340 e. The topological polar surface area (TPSA) is 61.8 Å². The van der Waals surface area contributed by atoms with Gasteiger partial charge in [-0.05, 0) is 35.2 Å². The van der Waals surface area contributed by atoms with Crippen molar-refractivity contribution in [1.82, 2.24) is 0 Å². The first kappa shape index (κ1) is 21.8. The van der Waals surface area contributed by atoms with Crippen LogP contribution in [0.15, 0.2) is 48.5 Å². The van der Waals surface area contributed by atoms with Gasteiger partial charge in [-0.1, -0.05) is 62.2 Å². The van der Waals surface area contributed by atoms with Gasteiger partial charge in [-0.2, -0.15) is 0 Å². The number of esters is 2. The average molecular weight is 483 g/mol. The molecule has 1 atom stereocenters. The van der Waals surface area contributed by atoms with Crippen LogP contribution in [0.1, 0.15) is 60.3 Å². The van der Waals surface area contributed by atoms with E-state index in [0.29, 0.717) is 38.8 Å². The third kappa shape index (κ3) is 3.22. The molecule has 1 spiro atoms. The molecule has 33 heavy (non-hydrogen) atoms. The summed E-state index contributed by atoms with van der Waals surface area (Å²) in [4.78, 5) is 24.5. The van der Waals surface area contributed by atoms with Crippen molar-refractivity contribution in [3.63, 3.8) is 0 Å². The number of hydrogen-bond donors (Lipinski definition) is 0. The smallest absolute Gasteiger partial charge is 0.340 e. The van der Waals surface area contributed by atoms with Crippen LogP contribution < -0.4 is 9.47 Å². The second-order valence-corrected chi connectivity index (χ2v) is 9.98. The first-order valence-electron chi connectivity index (χ1n) is 10.4. The van der Waals surface area contributed by atoms with E-state index in [-0.39, 0.29) is 16.2 Å². The first-order valence-corrected chi connectivity index (χ1v) is 11.2. The number of hydrogen-bond acceptors (Lipinski definition) is 5. The fraction of sp³-hybridized carbons (Fsp3) is 0.231. The lowest BCUT2D eigenvalue weighted by atomic mass is 9.76. The lowest BCUT2D eigenvalue weighted by Crippen LogP contribution is -2.33. The maximum absolute atomic E-state index is 13.0. The number of benzene rings is 3. The van der Waals surface area contributed by atoms with Gasteiger partial charge in [0.15, 0.2) is 11.4 Å². The second-order valence-electron chi connectivity index (χ2n) is 9.17. The highest BCUT2D eigenvalue weighted by Crippen LogP contribution is 2.58. The van der Waals surface area contributed by atoms with Gasteiger partial charge < -0.3 is 14.2 Å². The van der Waals surface area contributed by atoms with Crippen LogP contribution in [-0.2, 0) is 20.5 Å². The number of carbonyl (C=O) groups excluding carboxylic acids is 2. The van der Waals surface area contributed by atoms with Crippen molar-refractivity contribution in [2.75, 3.05) is 0 Å². The fourth-order valence-electron chi connectivity index (χ4n) is 4.50. The van der Waals surface area contributed by atoms with E-state index in [1.54, 1.807) is 30.3 Å². The summed E-state index contributed by atoms with van der Waals surface area (Å²) < 4.78 is 17.7. The summed E-state index contributed by atoms with van der Waals surface area (Å²) in [6.07, 6.45) is 0. The third-order valence-electron chi connectivity index (χ3n) is 5.92. The SMILES string of the molecule is CC(=O)Oc1cc2c(cc1Cl)C1(OC(=O)c3ccccc31)c1cc(Cl)c(C(C)(C)C)cc1O2. The zero-order chi connectivity index (χ0) is 23.7. The van der Waals surface area contributed by atoms with Crippen LogP contribution in [0.2, 0.25) is 10.0 Å². The Hall–Kier alpha value is -3.02. The molecule has 0 saturated heterocycles. The Morgan fingerprint density at radius 1 is 0.939 bits per heavy atom. The Bertz CT molecular complexity index is 1360. The summed E-state index contributed by atoms with van der Waals surface area (Å²) in [5.41, 5.74) is 1.55. The number of ether oxygens (including phenoxy) is 3. The second kappa shape index (κ2) is 7.24. The van der Waals surface area contributed by atoms with E-state index in [2.05, 4.69) is 20.8 Å². The van der Waals surface area contributed by atoms with Crippen LogP contribution >= 0.6 is 23.2 Å². The Kier molecular flexibility index (Phi) is 4.78. The lowest BCUT2D eigenvalue weighted by Gasteiger charge is -2.38. The van der Waals surface area contributed by atoms with Gasteiger partial charge in [-0.25, -0.2) is 4.79 Å². The van der Waals surface area contributed by atoms with Gasteiger partial charge in [0.1, 0.15) is 11.5 Å². The van der Waals surface area contributed by atoms with Gasteiger partial charge in [0, 0.05) is 34.7 Å². The van der Waals surface area contributed by atoms with Crippen molar-refractivity contribution in [1.29, 1.82) is 0 Å². The predicted octanol–water partition coefficient (Wildman–Crippen LogP) is 6.78. The maximum atomic E-state index is 13.0. The molecule has 2 aliphatic rings. The van der Waals surface area contributed by atoms with E-state index < -0.39 is 17.5 Å². The highest BCUT2D eigenvalue weighted by atomic mass is 35.5. The molecule has 3 aromatic carbocycles. The normalized spacial score (nSPS) is 18.2. The Labute approximate surface area is 201 Å². The summed E-state index contributed by atoms with van der Waals surface area (Å²) >= 11 is 13.2. The van der Waals surface area contributed by atoms with Crippen LogP contribution in [-0.4, -0.2) is 11.9 Å². The number of halogens is 2. The van der Waals surface area contributed by atoms with Crippen molar-refractivity contribution >= 4 is 35.1 Å². The molecule has 0 amide bonds. The first-order chi connectivity index (χ1) is 15.5. The Balaban J connectivity index is 1.85. The Morgan fingerprint density at radius 3 is 2.24 bits per heavy atom. The van der Waals surface area contributed by atoms with E-state index >= 15 is 0 Å². The van der Waals surface area contributed by atoms with Crippen LogP contribution in [0.5, 0.6) is 17.2 Å². The summed E-state index contributed by atoms with van der Waals surface area (Å²) in [6, 6.07) is 14.0. The molecule has 0 aliphatic carbocycles. The van der Waals surface area contributed by atoms with E-state index in [1.165, 1.54) is 6.92 Å². The minimum Gasteiger partial charge on any atom is -0.456 e. The molecule has 0 saturated carbocycles. The minimum atomic E-state index is -1.31. The van der Waals surface area contributed by atoms with Crippen molar-refractivity contribution in [3.05, 3.63) is 86.4 Å². The molecular formula is C26H20Cl2O5. The highest BCUT2D eigenvalue weighted by Gasteiger charge is 2.54. The monoisotopic (exact) mass is 482 g/mol. The largest absolute Gasteiger partial charge is 0.456 e. The molecule has 3 aromatic rings. The summed E-state index contributed by atoms with van der Waals surface area (Å²) in [5.74, 6) is 0.0548. The molecule has 2 aliphatic heterocycles. The van der Waals surface area contributed by atoms with Crippen molar-refractivity contribution in [3.8, 4) is 17.2 Å². The molecule has 2 heterocycles. The predicted molar refractivity (Wildman–Crippen MR) is 125 cm³/mol. The van der Waals surface area contributed by atoms with Gasteiger partial charge in [-0.3, -0.25) is 4.79 Å². The average Bonchev–Trinajstić information content (AvgIpc) is 3.02. The minimum absolute atomic E-state index is 0.157. The van der Waals surface area contributed by atoms with Crippen molar-refractivity contribution < 1.29 is 23.8 Å². The molecule has 0 bridgehead atoms.